The Kier molecular flexibility index (Phi) is 3.64. The Morgan fingerprint density at radius 1 is 1.45 bits per heavy atom. The average molecular weight is 328 g/mol. The van der Waals surface area contributed by atoms with Gasteiger partial charge in [-0.05, 0) is 25.8 Å². The average Bonchev–Trinajstić information content (AvgIpc) is 3.29. The first kappa shape index (κ1) is 15.0. The van der Waals surface area contributed by atoms with Crippen LogP contribution in [-0.4, -0.2) is 16.6 Å². The summed E-state index contributed by atoms with van der Waals surface area (Å²) in [6.07, 6.45) is 2.66. The topological polar surface area (TPSA) is 48.3 Å². The zero-order valence-corrected chi connectivity index (χ0v) is 12.4. The molecule has 1 fully saturated rings. The molecule has 1 aliphatic carbocycles. The van der Waals surface area contributed by atoms with Gasteiger partial charge in [-0.3, -0.25) is 4.79 Å². The van der Waals surface area contributed by atoms with Crippen LogP contribution in [0.1, 0.15) is 30.1 Å². The summed E-state index contributed by atoms with van der Waals surface area (Å²) in [6, 6.07) is 0.763. The number of hydrogen-bond acceptors (Lipinski definition) is 3. The molecule has 0 saturated heterocycles. The quantitative estimate of drug-likeness (QED) is 0.642. The lowest BCUT2D eigenvalue weighted by molar-refractivity contribution is 0.0470. The van der Waals surface area contributed by atoms with Crippen LogP contribution in [0, 0.1) is 11.6 Å². The third kappa shape index (κ3) is 2.37. The molecular weight excluding hydrogens is 316 g/mol. The van der Waals surface area contributed by atoms with E-state index in [9.17, 15) is 18.4 Å². The number of ether oxygens (including phenoxy) is 1. The summed E-state index contributed by atoms with van der Waals surface area (Å²) in [5, 5.41) is -0.618. The number of carbonyl (C=O) groups is 1. The molecule has 7 heteroatoms. The Morgan fingerprint density at radius 3 is 2.73 bits per heavy atom. The van der Waals surface area contributed by atoms with Crippen molar-refractivity contribution in [1.82, 2.24) is 4.57 Å². The van der Waals surface area contributed by atoms with E-state index in [4.69, 9.17) is 16.3 Å². The number of esters is 1. The molecule has 2 aromatic rings. The number of halogens is 3. The Balaban J connectivity index is 2.28. The fourth-order valence-corrected chi connectivity index (χ4v) is 2.56. The molecule has 4 nitrogen and oxygen atoms in total. The number of rotatable bonds is 3. The minimum absolute atomic E-state index is 0.0658. The van der Waals surface area contributed by atoms with Gasteiger partial charge in [0.25, 0.3) is 0 Å². The molecule has 0 N–H and O–H groups in total. The normalized spacial score (nSPS) is 14.4. The van der Waals surface area contributed by atoms with E-state index < -0.39 is 28.1 Å². The van der Waals surface area contributed by atoms with Crippen molar-refractivity contribution in [2.24, 2.45) is 0 Å². The van der Waals surface area contributed by atoms with E-state index in [0.29, 0.717) is 6.54 Å². The van der Waals surface area contributed by atoms with Crippen molar-refractivity contribution in [2.75, 3.05) is 0 Å². The number of hydrogen-bond donors (Lipinski definition) is 0. The first-order valence-corrected chi connectivity index (χ1v) is 7.23. The molecule has 1 aromatic carbocycles. The van der Waals surface area contributed by atoms with Gasteiger partial charge in [-0.15, -0.1) is 0 Å². The van der Waals surface area contributed by atoms with E-state index in [-0.39, 0.29) is 22.6 Å². The van der Waals surface area contributed by atoms with Gasteiger partial charge in [0.1, 0.15) is 16.7 Å². The summed E-state index contributed by atoms with van der Waals surface area (Å²) in [6.45, 7) is 2.06. The number of carbonyl (C=O) groups excluding carboxylic acids is 1. The molecule has 3 rings (SSSR count). The molecule has 0 unspecified atom stereocenters. The van der Waals surface area contributed by atoms with Crippen LogP contribution in [0.5, 0.6) is 0 Å². The number of pyridine rings is 1. The number of aryl methyl sites for hydroxylation is 1. The maximum absolute atomic E-state index is 13.6. The monoisotopic (exact) mass is 327 g/mol. The minimum atomic E-state index is -1.23. The Hall–Kier alpha value is -1.95. The first-order valence-electron chi connectivity index (χ1n) is 6.85. The van der Waals surface area contributed by atoms with Gasteiger partial charge < -0.3 is 9.30 Å². The van der Waals surface area contributed by atoms with Crippen LogP contribution in [0.3, 0.4) is 0 Å². The summed E-state index contributed by atoms with van der Waals surface area (Å²) in [5.41, 5.74) is -0.856. The van der Waals surface area contributed by atoms with Gasteiger partial charge in [0, 0.05) is 12.7 Å². The van der Waals surface area contributed by atoms with Crippen molar-refractivity contribution in [2.45, 2.75) is 32.4 Å². The molecule has 22 heavy (non-hydrogen) atoms. The summed E-state index contributed by atoms with van der Waals surface area (Å²) in [5.74, 6) is -3.20. The highest BCUT2D eigenvalue weighted by molar-refractivity contribution is 6.35. The largest absolute Gasteiger partial charge is 0.459 e. The SMILES string of the molecule is CCn1cc(C(=O)OC2CC2)c(=O)c2cc(F)c(F)c(Cl)c21. The van der Waals surface area contributed by atoms with Crippen LogP contribution in [-0.2, 0) is 11.3 Å². The molecule has 0 bridgehead atoms. The Morgan fingerprint density at radius 2 is 2.14 bits per heavy atom. The van der Waals surface area contributed by atoms with Gasteiger partial charge >= 0.3 is 5.97 Å². The van der Waals surface area contributed by atoms with Crippen molar-refractivity contribution in [3.63, 3.8) is 0 Å². The molecule has 0 radical (unpaired) electrons. The van der Waals surface area contributed by atoms with Crippen molar-refractivity contribution in [3.05, 3.63) is 44.7 Å². The lowest BCUT2D eigenvalue weighted by atomic mass is 10.1. The predicted molar refractivity (Wildman–Crippen MR) is 77.2 cm³/mol. The van der Waals surface area contributed by atoms with Gasteiger partial charge in [-0.25, -0.2) is 13.6 Å². The van der Waals surface area contributed by atoms with E-state index in [1.807, 2.05) is 0 Å². The summed E-state index contributed by atoms with van der Waals surface area (Å²) in [4.78, 5) is 24.4. The van der Waals surface area contributed by atoms with Gasteiger partial charge in [0.15, 0.2) is 11.6 Å². The molecular formula is C15H12ClF2NO3. The van der Waals surface area contributed by atoms with Gasteiger partial charge in [-0.2, -0.15) is 0 Å². The molecule has 0 amide bonds. The highest BCUT2D eigenvalue weighted by Gasteiger charge is 2.29. The Labute approximate surface area is 129 Å². The van der Waals surface area contributed by atoms with E-state index >= 15 is 0 Å². The highest BCUT2D eigenvalue weighted by Crippen LogP contribution is 2.28. The third-order valence-electron chi connectivity index (χ3n) is 3.56. The molecule has 1 aromatic heterocycles. The van der Waals surface area contributed by atoms with Crippen molar-refractivity contribution in [1.29, 1.82) is 0 Å². The molecule has 0 spiro atoms. The van der Waals surface area contributed by atoms with Gasteiger partial charge in [0.2, 0.25) is 5.43 Å². The van der Waals surface area contributed by atoms with Crippen LogP contribution < -0.4 is 5.43 Å². The van der Waals surface area contributed by atoms with Gasteiger partial charge in [-0.1, -0.05) is 11.6 Å². The minimum Gasteiger partial charge on any atom is -0.459 e. The lowest BCUT2D eigenvalue weighted by Crippen LogP contribution is -2.22. The van der Waals surface area contributed by atoms with Crippen LogP contribution in [0.15, 0.2) is 17.1 Å². The molecule has 1 saturated carbocycles. The summed E-state index contributed by atoms with van der Waals surface area (Å²) >= 11 is 5.82. The van der Waals surface area contributed by atoms with Crippen LogP contribution in [0.25, 0.3) is 10.9 Å². The van der Waals surface area contributed by atoms with E-state index in [0.717, 1.165) is 18.9 Å². The molecule has 1 aliphatic rings. The van der Waals surface area contributed by atoms with Crippen molar-refractivity contribution in [3.8, 4) is 0 Å². The fourth-order valence-electron chi connectivity index (χ4n) is 2.26. The maximum atomic E-state index is 13.6. The van der Waals surface area contributed by atoms with E-state index in [2.05, 4.69) is 0 Å². The fraction of sp³-hybridized carbons (Fsp3) is 0.333. The van der Waals surface area contributed by atoms with Crippen molar-refractivity contribution < 1.29 is 18.3 Å². The predicted octanol–water partition coefficient (Wildman–Crippen LogP) is 3.27. The first-order chi connectivity index (χ1) is 10.4. The van der Waals surface area contributed by atoms with Crippen LogP contribution >= 0.6 is 11.6 Å². The number of aromatic nitrogens is 1. The molecule has 1 heterocycles. The second-order valence-electron chi connectivity index (χ2n) is 5.15. The van der Waals surface area contributed by atoms with Crippen LogP contribution in [0.4, 0.5) is 8.78 Å². The van der Waals surface area contributed by atoms with Crippen molar-refractivity contribution >= 4 is 28.5 Å². The number of fused-ring (bicyclic) bond motifs is 1. The second kappa shape index (κ2) is 5.35. The zero-order chi connectivity index (χ0) is 16.0. The van der Waals surface area contributed by atoms with E-state index in [1.165, 1.54) is 10.8 Å². The van der Waals surface area contributed by atoms with Crippen LogP contribution in [0.2, 0.25) is 5.02 Å². The summed E-state index contributed by atoms with van der Waals surface area (Å²) in [7, 11) is 0. The maximum Gasteiger partial charge on any atom is 0.343 e. The lowest BCUT2D eigenvalue weighted by Gasteiger charge is -2.13. The summed E-state index contributed by atoms with van der Waals surface area (Å²) < 4.78 is 33.7. The Bertz CT molecular complexity index is 843. The molecule has 0 aliphatic heterocycles. The third-order valence-corrected chi connectivity index (χ3v) is 3.90. The molecule has 0 atom stereocenters. The second-order valence-corrected chi connectivity index (χ2v) is 5.52. The standard InChI is InChI=1S/C15H12ClF2NO3/c1-2-19-6-9(15(21)22-7-3-4-7)14(20)8-5-10(17)12(18)11(16)13(8)19/h5-7H,2-4H2,1H3. The smallest absolute Gasteiger partial charge is 0.343 e. The zero-order valence-electron chi connectivity index (χ0n) is 11.7. The number of benzene rings is 1. The highest BCUT2D eigenvalue weighted by atomic mass is 35.5. The van der Waals surface area contributed by atoms with E-state index in [1.54, 1.807) is 6.92 Å². The van der Waals surface area contributed by atoms with Gasteiger partial charge in [0.05, 0.1) is 10.9 Å². The number of nitrogens with zero attached hydrogens (tertiary/aromatic N) is 1. The molecule has 116 valence electrons.